The quantitative estimate of drug-likeness (QED) is 0.626. The van der Waals surface area contributed by atoms with Gasteiger partial charge in [0, 0.05) is 11.3 Å². The van der Waals surface area contributed by atoms with Crippen LogP contribution in [0.3, 0.4) is 0 Å². The van der Waals surface area contributed by atoms with Crippen LogP contribution in [0.25, 0.3) is 17.1 Å². The normalized spacial score (nSPS) is 16.1. The monoisotopic (exact) mass is 414 g/mol. The van der Waals surface area contributed by atoms with Crippen LogP contribution in [-0.4, -0.2) is 39.3 Å². The Kier molecular flexibility index (Phi) is 5.28. The number of alkyl carbamates (subject to hydrolysis) is 1. The second-order valence-corrected chi connectivity index (χ2v) is 8.02. The minimum atomic E-state index is -0.377. The molecule has 0 bridgehead atoms. The highest BCUT2D eigenvalue weighted by atomic mass is 35.5. The minimum absolute atomic E-state index is 0.190. The molecule has 8 heteroatoms. The number of carbonyl (C=O) groups is 1. The number of halogens is 1. The lowest BCUT2D eigenvalue weighted by atomic mass is 10.1. The van der Waals surface area contributed by atoms with Crippen molar-refractivity contribution < 1.29 is 9.53 Å². The van der Waals surface area contributed by atoms with E-state index < -0.39 is 0 Å². The fraction of sp³-hybridized carbons (Fsp3) is 0.250. The van der Waals surface area contributed by atoms with E-state index in [2.05, 4.69) is 47.6 Å². The molecule has 1 saturated heterocycles. The molecule has 1 amide bonds. The van der Waals surface area contributed by atoms with Gasteiger partial charge in [0.05, 0.1) is 17.3 Å². The first-order chi connectivity index (χ1) is 13.5. The largest absolute Gasteiger partial charge is 0.443 e. The van der Waals surface area contributed by atoms with Crippen LogP contribution in [0.2, 0.25) is 5.02 Å². The third kappa shape index (κ3) is 3.72. The average molecular weight is 415 g/mol. The lowest BCUT2D eigenvalue weighted by molar-refractivity contribution is 0.150. The van der Waals surface area contributed by atoms with Crippen LogP contribution in [0.5, 0.6) is 0 Å². The highest BCUT2D eigenvalue weighted by Crippen LogP contribution is 2.33. The molecule has 1 unspecified atom stereocenters. The van der Waals surface area contributed by atoms with Crippen LogP contribution >= 0.6 is 23.4 Å². The van der Waals surface area contributed by atoms with Crippen LogP contribution < -0.4 is 5.32 Å². The minimum Gasteiger partial charge on any atom is -0.443 e. The van der Waals surface area contributed by atoms with E-state index in [1.807, 2.05) is 28.8 Å². The van der Waals surface area contributed by atoms with E-state index in [0.29, 0.717) is 23.1 Å². The Labute approximate surface area is 172 Å². The Hall–Kier alpha value is -2.51. The molecular formula is C20H19ClN4O2S. The maximum absolute atomic E-state index is 11.3. The number of benzene rings is 2. The van der Waals surface area contributed by atoms with Crippen LogP contribution in [0.4, 0.5) is 4.79 Å². The van der Waals surface area contributed by atoms with Crippen molar-refractivity contribution >= 4 is 29.5 Å². The van der Waals surface area contributed by atoms with Gasteiger partial charge in [-0.05, 0) is 43.2 Å². The van der Waals surface area contributed by atoms with Gasteiger partial charge < -0.3 is 10.1 Å². The number of ether oxygens (including phenoxy) is 1. The molecule has 1 aliphatic rings. The van der Waals surface area contributed by atoms with E-state index >= 15 is 0 Å². The zero-order valence-electron chi connectivity index (χ0n) is 15.5. The van der Waals surface area contributed by atoms with E-state index in [0.717, 1.165) is 27.5 Å². The number of nitrogens with one attached hydrogen (secondary N) is 1. The van der Waals surface area contributed by atoms with Gasteiger partial charge >= 0.3 is 6.09 Å². The first-order valence-electron chi connectivity index (χ1n) is 8.88. The van der Waals surface area contributed by atoms with Gasteiger partial charge in [-0.1, -0.05) is 47.6 Å². The van der Waals surface area contributed by atoms with Crippen molar-refractivity contribution in [1.82, 2.24) is 20.1 Å². The Morgan fingerprint density at radius 1 is 1.25 bits per heavy atom. The van der Waals surface area contributed by atoms with Gasteiger partial charge in [-0.25, -0.2) is 4.79 Å². The standard InChI is InChI=1S/C20H19ClN4O2S/c1-12-7-8-13(2)17(9-12)25-18(15-5-3-4-6-16(15)21)23-24-19(25)28-11-14-10-22-20(26)27-14/h3-9,14H,10-11H2,1-2H3,(H,22,26). The van der Waals surface area contributed by atoms with Crippen molar-refractivity contribution in [3.05, 3.63) is 58.6 Å². The average Bonchev–Trinajstić information content (AvgIpc) is 3.28. The fourth-order valence-electron chi connectivity index (χ4n) is 3.05. The number of amides is 1. The third-order valence-corrected chi connectivity index (χ3v) is 5.89. The summed E-state index contributed by atoms with van der Waals surface area (Å²) in [7, 11) is 0. The van der Waals surface area contributed by atoms with Crippen LogP contribution in [0.15, 0.2) is 47.6 Å². The number of nitrogens with zero attached hydrogens (tertiary/aromatic N) is 3. The second kappa shape index (κ2) is 7.85. The zero-order chi connectivity index (χ0) is 19.7. The molecule has 6 nitrogen and oxygen atoms in total. The molecule has 1 atom stereocenters. The maximum atomic E-state index is 11.3. The molecule has 3 aromatic rings. The summed E-state index contributed by atoms with van der Waals surface area (Å²) in [5.41, 5.74) is 4.07. The smallest absolute Gasteiger partial charge is 0.407 e. The lowest BCUT2D eigenvalue weighted by Gasteiger charge is -2.15. The number of cyclic esters (lactones) is 1. The molecule has 2 heterocycles. The first kappa shape index (κ1) is 18.8. The summed E-state index contributed by atoms with van der Waals surface area (Å²) in [5.74, 6) is 1.27. The van der Waals surface area contributed by atoms with Crippen molar-refractivity contribution in [3.63, 3.8) is 0 Å². The molecule has 0 aliphatic carbocycles. The van der Waals surface area contributed by atoms with Gasteiger partial charge in [0.2, 0.25) is 0 Å². The molecule has 144 valence electrons. The molecule has 1 aromatic heterocycles. The molecule has 0 radical (unpaired) electrons. The van der Waals surface area contributed by atoms with Gasteiger partial charge in [-0.2, -0.15) is 0 Å². The van der Waals surface area contributed by atoms with Crippen molar-refractivity contribution in [1.29, 1.82) is 0 Å². The second-order valence-electron chi connectivity index (χ2n) is 6.63. The molecule has 1 N–H and O–H groups in total. The predicted octanol–water partition coefficient (Wildman–Crippen LogP) is 4.41. The molecule has 28 heavy (non-hydrogen) atoms. The lowest BCUT2D eigenvalue weighted by Crippen LogP contribution is -2.17. The highest BCUT2D eigenvalue weighted by Gasteiger charge is 2.25. The van der Waals surface area contributed by atoms with Crippen molar-refractivity contribution in [2.45, 2.75) is 25.1 Å². The molecule has 0 saturated carbocycles. The summed E-state index contributed by atoms with van der Waals surface area (Å²) in [6, 6.07) is 13.9. The number of hydrogen-bond donors (Lipinski definition) is 1. The van der Waals surface area contributed by atoms with Crippen LogP contribution in [0, 0.1) is 13.8 Å². The summed E-state index contributed by atoms with van der Waals surface area (Å²) >= 11 is 7.95. The molecule has 0 spiro atoms. The van der Waals surface area contributed by atoms with Crippen molar-refractivity contribution in [3.8, 4) is 17.1 Å². The van der Waals surface area contributed by atoms with Gasteiger partial charge in [0.15, 0.2) is 11.0 Å². The van der Waals surface area contributed by atoms with E-state index in [4.69, 9.17) is 16.3 Å². The summed E-state index contributed by atoms with van der Waals surface area (Å²) in [6.45, 7) is 4.61. The van der Waals surface area contributed by atoms with Gasteiger partial charge in [0.25, 0.3) is 0 Å². The van der Waals surface area contributed by atoms with Crippen molar-refractivity contribution in [2.75, 3.05) is 12.3 Å². The zero-order valence-corrected chi connectivity index (χ0v) is 17.0. The topological polar surface area (TPSA) is 69.0 Å². The highest BCUT2D eigenvalue weighted by molar-refractivity contribution is 7.99. The number of rotatable bonds is 5. The number of carbonyl (C=O) groups excluding carboxylic acids is 1. The number of aryl methyl sites for hydroxylation is 2. The van der Waals surface area contributed by atoms with Gasteiger partial charge in [0.1, 0.15) is 6.10 Å². The summed E-state index contributed by atoms with van der Waals surface area (Å²) in [5, 5.41) is 12.9. The maximum Gasteiger partial charge on any atom is 0.407 e. The van der Waals surface area contributed by atoms with Gasteiger partial charge in [-0.15, -0.1) is 10.2 Å². The summed E-state index contributed by atoms with van der Waals surface area (Å²) in [4.78, 5) is 11.3. The van der Waals surface area contributed by atoms with E-state index in [1.54, 1.807) is 0 Å². The van der Waals surface area contributed by atoms with Crippen LogP contribution in [0.1, 0.15) is 11.1 Å². The SMILES string of the molecule is Cc1ccc(C)c(-n2c(SCC3CNC(=O)O3)nnc2-c2ccccc2Cl)c1. The molecule has 2 aromatic carbocycles. The summed E-state index contributed by atoms with van der Waals surface area (Å²) in [6.07, 6.45) is -0.566. The third-order valence-electron chi connectivity index (χ3n) is 4.50. The summed E-state index contributed by atoms with van der Waals surface area (Å²) < 4.78 is 7.26. The van der Waals surface area contributed by atoms with Crippen LogP contribution in [-0.2, 0) is 4.74 Å². The number of hydrogen-bond acceptors (Lipinski definition) is 5. The Bertz CT molecular complexity index is 1040. The van der Waals surface area contributed by atoms with E-state index in [1.165, 1.54) is 11.8 Å². The molecule has 1 fully saturated rings. The number of thioether (sulfide) groups is 1. The molecule has 4 rings (SSSR count). The van der Waals surface area contributed by atoms with Crippen molar-refractivity contribution in [2.24, 2.45) is 0 Å². The molecule has 1 aliphatic heterocycles. The van der Waals surface area contributed by atoms with E-state index in [-0.39, 0.29) is 12.2 Å². The fourth-order valence-corrected chi connectivity index (χ4v) is 4.20. The molecular weight excluding hydrogens is 396 g/mol. The Balaban J connectivity index is 1.77. The number of aromatic nitrogens is 3. The first-order valence-corrected chi connectivity index (χ1v) is 10.2. The Morgan fingerprint density at radius 3 is 2.82 bits per heavy atom. The van der Waals surface area contributed by atoms with E-state index in [9.17, 15) is 4.79 Å². The predicted molar refractivity (Wildman–Crippen MR) is 110 cm³/mol. The Morgan fingerprint density at radius 2 is 2.07 bits per heavy atom. The van der Waals surface area contributed by atoms with Gasteiger partial charge in [-0.3, -0.25) is 4.57 Å².